The molecule has 1 atom stereocenters. The molecule has 1 unspecified atom stereocenters. The van der Waals surface area contributed by atoms with Crippen molar-refractivity contribution in [2.75, 3.05) is 19.8 Å². The normalized spacial score (nSPS) is 27.4. The summed E-state index contributed by atoms with van der Waals surface area (Å²) in [4.78, 5) is 0. The van der Waals surface area contributed by atoms with Crippen molar-refractivity contribution in [2.45, 2.75) is 44.4 Å². The summed E-state index contributed by atoms with van der Waals surface area (Å²) in [6, 6.07) is 0. The van der Waals surface area contributed by atoms with E-state index in [1.807, 2.05) is 0 Å². The van der Waals surface area contributed by atoms with Crippen LogP contribution >= 0.6 is 0 Å². The van der Waals surface area contributed by atoms with Gasteiger partial charge in [-0.05, 0) is 12.8 Å². The fraction of sp³-hybridized carbons (Fsp3) is 0.833. The fourth-order valence-corrected chi connectivity index (χ4v) is 2.64. The first-order valence-corrected chi connectivity index (χ1v) is 6.69. The Morgan fingerprint density at radius 3 is 3.17 bits per heavy atom. The van der Waals surface area contributed by atoms with Crippen LogP contribution < -0.4 is 5.32 Å². The predicted molar refractivity (Wildman–Crippen MR) is 65.1 cm³/mol. The molecule has 3 heterocycles. The quantitative estimate of drug-likeness (QED) is 0.780. The van der Waals surface area contributed by atoms with Crippen molar-refractivity contribution in [1.29, 1.82) is 0 Å². The van der Waals surface area contributed by atoms with Gasteiger partial charge in [0.25, 0.3) is 0 Å². The van der Waals surface area contributed by atoms with E-state index >= 15 is 0 Å². The third-order valence-corrected chi connectivity index (χ3v) is 3.76. The van der Waals surface area contributed by atoms with E-state index < -0.39 is 5.60 Å². The van der Waals surface area contributed by atoms with Crippen LogP contribution in [-0.4, -0.2) is 45.2 Å². The van der Waals surface area contributed by atoms with Gasteiger partial charge in [-0.2, -0.15) is 0 Å². The van der Waals surface area contributed by atoms with Crippen molar-refractivity contribution in [3.63, 3.8) is 0 Å². The highest BCUT2D eigenvalue weighted by Crippen LogP contribution is 2.17. The topological polar surface area (TPSA) is 72.2 Å². The Morgan fingerprint density at radius 2 is 2.33 bits per heavy atom. The van der Waals surface area contributed by atoms with Crippen LogP contribution in [0.2, 0.25) is 0 Å². The molecule has 1 aromatic heterocycles. The molecule has 0 aromatic carbocycles. The second kappa shape index (κ2) is 4.95. The van der Waals surface area contributed by atoms with Gasteiger partial charge in [-0.15, -0.1) is 10.2 Å². The monoisotopic (exact) mass is 252 g/mol. The van der Waals surface area contributed by atoms with Crippen LogP contribution in [0.15, 0.2) is 0 Å². The molecule has 0 saturated carbocycles. The molecular formula is C12H20N4O2. The second-order valence-electron chi connectivity index (χ2n) is 5.27. The van der Waals surface area contributed by atoms with Gasteiger partial charge in [0, 0.05) is 32.5 Å². The second-order valence-corrected chi connectivity index (χ2v) is 5.27. The summed E-state index contributed by atoms with van der Waals surface area (Å²) in [5.41, 5.74) is -0.704. The molecular weight excluding hydrogens is 232 g/mol. The van der Waals surface area contributed by atoms with E-state index in [-0.39, 0.29) is 0 Å². The van der Waals surface area contributed by atoms with E-state index in [1.165, 1.54) is 12.8 Å². The van der Waals surface area contributed by atoms with Gasteiger partial charge < -0.3 is 19.7 Å². The number of hydrogen-bond donors (Lipinski definition) is 2. The standard InChI is InChI=1S/C12H20N4O2/c17-12(4-6-18-9-12)8-13-7-11-15-14-10-3-1-2-5-16(10)11/h13,17H,1-9H2. The average Bonchev–Trinajstić information content (AvgIpc) is 2.97. The lowest BCUT2D eigenvalue weighted by molar-refractivity contribution is 0.0266. The number of fused-ring (bicyclic) bond motifs is 1. The van der Waals surface area contributed by atoms with Gasteiger partial charge in [0.15, 0.2) is 0 Å². The molecule has 18 heavy (non-hydrogen) atoms. The number of aryl methyl sites for hydroxylation is 1. The number of nitrogens with one attached hydrogen (secondary N) is 1. The minimum atomic E-state index is -0.704. The van der Waals surface area contributed by atoms with Crippen LogP contribution in [0.5, 0.6) is 0 Å². The van der Waals surface area contributed by atoms with E-state index in [4.69, 9.17) is 4.74 Å². The highest BCUT2D eigenvalue weighted by molar-refractivity contribution is 4.99. The summed E-state index contributed by atoms with van der Waals surface area (Å²) >= 11 is 0. The average molecular weight is 252 g/mol. The Kier molecular flexibility index (Phi) is 3.32. The van der Waals surface area contributed by atoms with Crippen molar-refractivity contribution in [2.24, 2.45) is 0 Å². The van der Waals surface area contributed by atoms with Crippen LogP contribution in [0.25, 0.3) is 0 Å². The van der Waals surface area contributed by atoms with Crippen molar-refractivity contribution in [1.82, 2.24) is 20.1 Å². The number of aromatic nitrogens is 3. The smallest absolute Gasteiger partial charge is 0.147 e. The van der Waals surface area contributed by atoms with Crippen LogP contribution in [0.1, 0.15) is 30.9 Å². The van der Waals surface area contributed by atoms with E-state index in [0.717, 1.165) is 24.6 Å². The van der Waals surface area contributed by atoms with Gasteiger partial charge >= 0.3 is 0 Å². The lowest BCUT2D eigenvalue weighted by Gasteiger charge is -2.21. The third kappa shape index (κ3) is 2.41. The Balaban J connectivity index is 1.55. The SMILES string of the molecule is OC1(CNCc2nnc3n2CCCC3)CCOC1. The number of nitrogens with zero attached hydrogens (tertiary/aromatic N) is 3. The van der Waals surface area contributed by atoms with E-state index in [1.54, 1.807) is 0 Å². The first-order valence-electron chi connectivity index (χ1n) is 6.69. The summed E-state index contributed by atoms with van der Waals surface area (Å²) in [5.74, 6) is 2.08. The molecule has 3 rings (SSSR count). The summed E-state index contributed by atoms with van der Waals surface area (Å²) in [7, 11) is 0. The van der Waals surface area contributed by atoms with Crippen molar-refractivity contribution < 1.29 is 9.84 Å². The zero-order chi connectivity index (χ0) is 12.4. The molecule has 0 amide bonds. The van der Waals surface area contributed by atoms with Crippen LogP contribution in [0.3, 0.4) is 0 Å². The predicted octanol–water partition coefficient (Wildman–Crippen LogP) is -0.145. The molecule has 0 spiro atoms. The summed E-state index contributed by atoms with van der Waals surface area (Å²) in [6.45, 7) is 3.31. The van der Waals surface area contributed by atoms with Gasteiger partial charge in [0.2, 0.25) is 0 Å². The van der Waals surface area contributed by atoms with Gasteiger partial charge in [0.1, 0.15) is 17.2 Å². The number of aliphatic hydroxyl groups is 1. The molecule has 1 aromatic rings. The van der Waals surface area contributed by atoms with Crippen LogP contribution in [0, 0.1) is 0 Å². The Labute approximate surface area is 106 Å². The van der Waals surface area contributed by atoms with Crippen molar-refractivity contribution in [3.8, 4) is 0 Å². The van der Waals surface area contributed by atoms with E-state index in [2.05, 4.69) is 20.1 Å². The maximum atomic E-state index is 10.1. The van der Waals surface area contributed by atoms with Gasteiger partial charge in [-0.3, -0.25) is 0 Å². The van der Waals surface area contributed by atoms with Gasteiger partial charge in [-0.25, -0.2) is 0 Å². The summed E-state index contributed by atoms with van der Waals surface area (Å²) in [5, 5.41) is 21.8. The maximum Gasteiger partial charge on any atom is 0.147 e. The molecule has 0 aliphatic carbocycles. The first kappa shape index (κ1) is 12.1. The Bertz CT molecular complexity index is 412. The van der Waals surface area contributed by atoms with Crippen molar-refractivity contribution >= 4 is 0 Å². The minimum absolute atomic E-state index is 0.429. The van der Waals surface area contributed by atoms with Gasteiger partial charge in [0.05, 0.1) is 13.2 Å². The van der Waals surface area contributed by atoms with Crippen LogP contribution in [0.4, 0.5) is 0 Å². The Hall–Kier alpha value is -0.980. The van der Waals surface area contributed by atoms with Crippen LogP contribution in [-0.2, 0) is 24.2 Å². The minimum Gasteiger partial charge on any atom is -0.386 e. The lowest BCUT2D eigenvalue weighted by atomic mass is 10.0. The zero-order valence-corrected chi connectivity index (χ0v) is 10.6. The summed E-state index contributed by atoms with van der Waals surface area (Å²) in [6.07, 6.45) is 4.15. The highest BCUT2D eigenvalue weighted by Gasteiger charge is 2.31. The largest absolute Gasteiger partial charge is 0.386 e. The van der Waals surface area contributed by atoms with Gasteiger partial charge in [-0.1, -0.05) is 0 Å². The molecule has 6 heteroatoms. The molecule has 6 nitrogen and oxygen atoms in total. The van der Waals surface area contributed by atoms with Crippen molar-refractivity contribution in [3.05, 3.63) is 11.6 Å². The highest BCUT2D eigenvalue weighted by atomic mass is 16.5. The molecule has 2 aliphatic rings. The number of hydrogen-bond acceptors (Lipinski definition) is 5. The molecule has 2 aliphatic heterocycles. The first-order chi connectivity index (χ1) is 8.77. The molecule has 0 bridgehead atoms. The molecule has 1 fully saturated rings. The third-order valence-electron chi connectivity index (χ3n) is 3.76. The lowest BCUT2D eigenvalue weighted by Crippen LogP contribution is -2.41. The maximum absolute atomic E-state index is 10.1. The summed E-state index contributed by atoms with van der Waals surface area (Å²) < 4.78 is 7.42. The van der Waals surface area contributed by atoms with E-state index in [9.17, 15) is 5.11 Å². The van der Waals surface area contributed by atoms with E-state index in [0.29, 0.717) is 32.7 Å². The number of ether oxygens (including phenoxy) is 1. The zero-order valence-electron chi connectivity index (χ0n) is 10.6. The molecule has 0 radical (unpaired) electrons. The fourth-order valence-electron chi connectivity index (χ4n) is 2.64. The molecule has 2 N–H and O–H groups in total. The Morgan fingerprint density at radius 1 is 1.39 bits per heavy atom. The number of rotatable bonds is 4. The molecule has 1 saturated heterocycles. The molecule has 100 valence electrons.